The fraction of sp³-hybridized carbons (Fsp3) is 0.571. The summed E-state index contributed by atoms with van der Waals surface area (Å²) in [4.78, 5) is 19.8. The average molecular weight is 475 g/mol. The number of hydrogen-bond donors (Lipinski definition) is 4. The third kappa shape index (κ3) is 4.82. The number of benzene rings is 1. The highest BCUT2D eigenvalue weighted by Crippen LogP contribution is 2.42. The van der Waals surface area contributed by atoms with Crippen LogP contribution in [0, 0.1) is 18.8 Å². The molecule has 0 bridgehead atoms. The monoisotopic (exact) mass is 474 g/mol. The molecule has 186 valence electrons. The van der Waals surface area contributed by atoms with Crippen LogP contribution >= 0.6 is 0 Å². The van der Waals surface area contributed by atoms with Crippen molar-refractivity contribution >= 4 is 6.03 Å². The van der Waals surface area contributed by atoms with Crippen molar-refractivity contribution < 1.29 is 4.79 Å². The number of rotatable bonds is 5. The molecule has 0 radical (unpaired) electrons. The van der Waals surface area contributed by atoms with E-state index in [1.54, 1.807) is 0 Å². The number of hydrazine groups is 1. The number of hydrogen-bond acceptors (Lipinski definition) is 5. The van der Waals surface area contributed by atoms with Crippen LogP contribution < -0.4 is 21.5 Å². The molecule has 4 fully saturated rings. The molecule has 5 unspecified atom stereocenters. The number of aromatic nitrogens is 1. The van der Waals surface area contributed by atoms with E-state index in [2.05, 4.69) is 80.8 Å². The molecular formula is C28H38N6O. The SMILES string of the molecule is Cc1cc(C2NNC3CC4NC(=O)N([C@@H]5CCC[C@@H](NCc6ccccc6)C5)CC4CC32)ccn1. The van der Waals surface area contributed by atoms with E-state index in [4.69, 9.17) is 0 Å². The minimum Gasteiger partial charge on any atom is -0.335 e. The quantitative estimate of drug-likeness (QED) is 0.534. The fourth-order valence-electron chi connectivity index (χ4n) is 7.01. The number of carbonyl (C=O) groups is 1. The molecule has 1 aromatic heterocycles. The molecular weight excluding hydrogens is 436 g/mol. The molecule has 1 aromatic carbocycles. The van der Waals surface area contributed by atoms with Crippen LogP contribution in [0.2, 0.25) is 0 Å². The van der Waals surface area contributed by atoms with Crippen LogP contribution in [0.5, 0.6) is 0 Å². The highest BCUT2D eigenvalue weighted by molar-refractivity contribution is 5.76. The minimum atomic E-state index is 0.144. The van der Waals surface area contributed by atoms with Gasteiger partial charge in [0.25, 0.3) is 0 Å². The molecule has 2 aromatic rings. The average Bonchev–Trinajstić information content (AvgIpc) is 3.29. The van der Waals surface area contributed by atoms with Crippen LogP contribution in [0.1, 0.15) is 61.4 Å². The summed E-state index contributed by atoms with van der Waals surface area (Å²) < 4.78 is 0. The third-order valence-corrected chi connectivity index (χ3v) is 8.83. The van der Waals surface area contributed by atoms with Crippen LogP contribution in [-0.4, -0.2) is 46.6 Å². The molecule has 4 N–H and O–H groups in total. The van der Waals surface area contributed by atoms with Crippen molar-refractivity contribution in [2.24, 2.45) is 11.8 Å². The van der Waals surface area contributed by atoms with Crippen molar-refractivity contribution in [3.63, 3.8) is 0 Å². The standard InChI is InChI=1S/C28H38N6O/c1-18-12-20(10-11-29-18)27-24-13-21-17-34(28(35)31-25(21)15-26(24)32-33-27)23-9-5-8-22(14-23)30-16-19-6-3-2-4-7-19/h2-4,6-7,10-12,21-27,30,32-33H,5,8-9,13-17H2,1H3,(H,31,35)/t21?,22-,23-,24?,25?,26?,27?/m1/s1. The molecule has 2 saturated heterocycles. The molecule has 4 aliphatic rings. The topological polar surface area (TPSA) is 81.3 Å². The van der Waals surface area contributed by atoms with Gasteiger partial charge < -0.3 is 15.5 Å². The van der Waals surface area contributed by atoms with Crippen LogP contribution in [0.4, 0.5) is 4.79 Å². The van der Waals surface area contributed by atoms with Gasteiger partial charge in [-0.25, -0.2) is 10.2 Å². The highest BCUT2D eigenvalue weighted by atomic mass is 16.2. The van der Waals surface area contributed by atoms with Crippen molar-refractivity contribution in [3.05, 3.63) is 65.5 Å². The summed E-state index contributed by atoms with van der Waals surface area (Å²) in [7, 11) is 0. The second-order valence-electron chi connectivity index (χ2n) is 11.1. The van der Waals surface area contributed by atoms with E-state index < -0.39 is 0 Å². The summed E-state index contributed by atoms with van der Waals surface area (Å²) >= 11 is 0. The zero-order valence-corrected chi connectivity index (χ0v) is 20.6. The Morgan fingerprint density at radius 1 is 1.06 bits per heavy atom. The van der Waals surface area contributed by atoms with Gasteiger partial charge in [0.2, 0.25) is 0 Å². The van der Waals surface area contributed by atoms with Crippen molar-refractivity contribution in [1.82, 2.24) is 31.4 Å². The molecule has 2 aliphatic heterocycles. The van der Waals surface area contributed by atoms with E-state index in [-0.39, 0.29) is 12.1 Å². The Bertz CT molecular complexity index is 1030. The zero-order chi connectivity index (χ0) is 23.8. The predicted molar refractivity (Wildman–Crippen MR) is 136 cm³/mol. The highest BCUT2D eigenvalue weighted by Gasteiger charge is 2.48. The Labute approximate surface area is 208 Å². The lowest BCUT2D eigenvalue weighted by atomic mass is 9.71. The number of urea groups is 1. The van der Waals surface area contributed by atoms with E-state index in [0.29, 0.717) is 36.0 Å². The van der Waals surface area contributed by atoms with E-state index in [1.807, 2.05) is 6.20 Å². The first-order valence-electron chi connectivity index (χ1n) is 13.4. The van der Waals surface area contributed by atoms with Crippen molar-refractivity contribution in [1.29, 1.82) is 0 Å². The van der Waals surface area contributed by atoms with Crippen molar-refractivity contribution in [3.8, 4) is 0 Å². The summed E-state index contributed by atoms with van der Waals surface area (Å²) in [6.45, 7) is 3.84. The molecule has 7 heteroatoms. The van der Waals surface area contributed by atoms with Crippen LogP contribution in [0.3, 0.4) is 0 Å². The Morgan fingerprint density at radius 2 is 1.94 bits per heavy atom. The summed E-state index contributed by atoms with van der Waals surface area (Å²) in [6, 6.07) is 16.9. The normalized spacial score (nSPS) is 34.7. The number of fused-ring (bicyclic) bond motifs is 2. The van der Waals surface area contributed by atoms with Gasteiger partial charge in [0.1, 0.15) is 0 Å². The van der Waals surface area contributed by atoms with Gasteiger partial charge in [-0.05, 0) is 80.5 Å². The summed E-state index contributed by atoms with van der Waals surface area (Å²) in [6.07, 6.45) is 8.57. The molecule has 0 spiro atoms. The number of aryl methyl sites for hydroxylation is 1. The Hall–Kier alpha value is -2.48. The zero-order valence-electron chi connectivity index (χ0n) is 20.6. The molecule has 6 rings (SSSR count). The number of nitrogens with one attached hydrogen (secondary N) is 4. The second kappa shape index (κ2) is 9.88. The largest absolute Gasteiger partial charge is 0.335 e. The lowest BCUT2D eigenvalue weighted by molar-refractivity contribution is 0.0666. The number of carbonyl (C=O) groups excluding carboxylic acids is 1. The maximum absolute atomic E-state index is 13.2. The first kappa shape index (κ1) is 23.0. The number of pyridine rings is 1. The fourth-order valence-corrected chi connectivity index (χ4v) is 7.01. The third-order valence-electron chi connectivity index (χ3n) is 8.83. The van der Waals surface area contributed by atoms with Crippen LogP contribution in [0.25, 0.3) is 0 Å². The molecule has 7 nitrogen and oxygen atoms in total. The van der Waals surface area contributed by atoms with Gasteiger partial charge in [-0.1, -0.05) is 30.3 Å². The van der Waals surface area contributed by atoms with Gasteiger partial charge in [0, 0.05) is 49.1 Å². The molecule has 2 amide bonds. The van der Waals surface area contributed by atoms with E-state index in [9.17, 15) is 4.79 Å². The smallest absolute Gasteiger partial charge is 0.317 e. The Morgan fingerprint density at radius 3 is 2.80 bits per heavy atom. The number of amides is 2. The van der Waals surface area contributed by atoms with Crippen molar-refractivity contribution in [2.45, 2.75) is 82.2 Å². The van der Waals surface area contributed by atoms with Gasteiger partial charge in [0.15, 0.2) is 0 Å². The van der Waals surface area contributed by atoms with Gasteiger partial charge in [0.05, 0.1) is 6.04 Å². The Balaban J connectivity index is 1.10. The molecule has 2 aliphatic carbocycles. The molecule has 35 heavy (non-hydrogen) atoms. The predicted octanol–water partition coefficient (Wildman–Crippen LogP) is 3.43. The van der Waals surface area contributed by atoms with Crippen molar-refractivity contribution in [2.75, 3.05) is 6.54 Å². The van der Waals surface area contributed by atoms with Gasteiger partial charge in [-0.3, -0.25) is 10.4 Å². The number of nitrogens with zero attached hydrogens (tertiary/aromatic N) is 2. The van der Waals surface area contributed by atoms with E-state index >= 15 is 0 Å². The minimum absolute atomic E-state index is 0.144. The van der Waals surface area contributed by atoms with E-state index in [0.717, 1.165) is 44.5 Å². The first-order valence-corrected chi connectivity index (χ1v) is 13.4. The summed E-state index contributed by atoms with van der Waals surface area (Å²) in [5.41, 5.74) is 10.8. The molecule has 2 saturated carbocycles. The van der Waals surface area contributed by atoms with E-state index in [1.165, 1.54) is 24.0 Å². The maximum atomic E-state index is 13.2. The summed E-state index contributed by atoms with van der Waals surface area (Å²) in [5, 5.41) is 7.16. The Kier molecular flexibility index (Phi) is 6.48. The second-order valence-corrected chi connectivity index (χ2v) is 11.1. The van der Waals surface area contributed by atoms with Gasteiger partial charge in [-0.15, -0.1) is 0 Å². The van der Waals surface area contributed by atoms with Gasteiger partial charge in [-0.2, -0.15) is 0 Å². The first-order chi connectivity index (χ1) is 17.1. The lowest BCUT2D eigenvalue weighted by Crippen LogP contribution is -2.63. The van der Waals surface area contributed by atoms with Crippen LogP contribution in [0.15, 0.2) is 48.7 Å². The maximum Gasteiger partial charge on any atom is 0.317 e. The van der Waals surface area contributed by atoms with Crippen LogP contribution in [-0.2, 0) is 6.54 Å². The molecule has 7 atom stereocenters. The van der Waals surface area contributed by atoms with Gasteiger partial charge >= 0.3 is 6.03 Å². The molecule has 3 heterocycles. The summed E-state index contributed by atoms with van der Waals surface area (Å²) in [5.74, 6) is 1.03. The lowest BCUT2D eigenvalue weighted by Gasteiger charge is -2.49.